The molecular weight excluding hydrogens is 444 g/mol. The van der Waals surface area contributed by atoms with Crippen molar-refractivity contribution in [2.45, 2.75) is 0 Å². The number of thiazole rings is 1. The monoisotopic (exact) mass is 456 g/mol. The fraction of sp³-hybridized carbons (Fsp3) is 0. The summed E-state index contributed by atoms with van der Waals surface area (Å²) in [7, 11) is 0. The van der Waals surface area contributed by atoms with Gasteiger partial charge in [-0.3, -0.25) is 20.2 Å². The largest absolute Gasteiger partial charge is 0.459 e. The van der Waals surface area contributed by atoms with Crippen molar-refractivity contribution in [3.05, 3.63) is 77.2 Å². The summed E-state index contributed by atoms with van der Waals surface area (Å²) in [5, 5.41) is 9.34. The predicted molar refractivity (Wildman–Crippen MR) is 121 cm³/mol. The Morgan fingerprint density at radius 2 is 1.90 bits per heavy atom. The zero-order chi connectivity index (χ0) is 21.1. The molecule has 0 atom stereocenters. The molecule has 7 nitrogen and oxygen atoms in total. The van der Waals surface area contributed by atoms with E-state index in [1.54, 1.807) is 48.5 Å². The van der Waals surface area contributed by atoms with Gasteiger partial charge in [0.25, 0.3) is 11.8 Å². The predicted octanol–water partition coefficient (Wildman–Crippen LogP) is 4.92. The fourth-order valence-electron chi connectivity index (χ4n) is 2.59. The van der Waals surface area contributed by atoms with Gasteiger partial charge in [0.05, 0.1) is 16.5 Å². The van der Waals surface area contributed by atoms with Crippen LogP contribution in [0.3, 0.4) is 0 Å². The molecule has 4 aromatic rings. The van der Waals surface area contributed by atoms with Crippen LogP contribution >= 0.6 is 35.2 Å². The summed E-state index contributed by atoms with van der Waals surface area (Å²) in [5.74, 6) is -0.531. The van der Waals surface area contributed by atoms with Crippen LogP contribution in [0.25, 0.3) is 10.2 Å². The molecule has 0 aliphatic heterocycles. The number of nitrogens with one attached hydrogen (secondary N) is 3. The van der Waals surface area contributed by atoms with Crippen molar-refractivity contribution in [1.29, 1.82) is 0 Å². The Hall–Kier alpha value is -3.27. The van der Waals surface area contributed by atoms with Crippen LogP contribution in [-0.4, -0.2) is 21.9 Å². The first kappa shape index (κ1) is 20.0. The van der Waals surface area contributed by atoms with Gasteiger partial charge in [-0.15, -0.1) is 0 Å². The van der Waals surface area contributed by atoms with Crippen molar-refractivity contribution in [2.24, 2.45) is 0 Å². The van der Waals surface area contributed by atoms with Crippen LogP contribution < -0.4 is 16.0 Å². The van der Waals surface area contributed by atoms with Gasteiger partial charge in [-0.2, -0.15) is 0 Å². The number of carbonyl (C=O) groups excluding carboxylic acids is 2. The highest BCUT2D eigenvalue weighted by Crippen LogP contribution is 2.28. The molecule has 150 valence electrons. The maximum atomic E-state index is 12.3. The Bertz CT molecular complexity index is 1250. The van der Waals surface area contributed by atoms with Crippen LogP contribution in [0, 0.1) is 0 Å². The van der Waals surface area contributed by atoms with Crippen LogP contribution in [0.4, 0.5) is 10.8 Å². The van der Waals surface area contributed by atoms with Crippen LogP contribution in [0.5, 0.6) is 0 Å². The molecule has 10 heteroatoms. The van der Waals surface area contributed by atoms with Crippen molar-refractivity contribution >= 4 is 73.1 Å². The summed E-state index contributed by atoms with van der Waals surface area (Å²) in [4.78, 5) is 28.7. The van der Waals surface area contributed by atoms with Gasteiger partial charge in [0.1, 0.15) is 0 Å². The Labute approximate surface area is 185 Å². The highest BCUT2D eigenvalue weighted by molar-refractivity contribution is 7.80. The lowest BCUT2D eigenvalue weighted by Gasteiger charge is -2.09. The number of anilines is 2. The molecule has 0 fully saturated rings. The second-order valence-electron chi connectivity index (χ2n) is 6.05. The molecule has 0 spiro atoms. The third kappa shape index (κ3) is 4.65. The number of carbonyl (C=O) groups is 2. The molecule has 0 saturated carbocycles. The van der Waals surface area contributed by atoms with Crippen LogP contribution in [0.1, 0.15) is 20.9 Å². The van der Waals surface area contributed by atoms with Gasteiger partial charge >= 0.3 is 0 Å². The number of halogens is 1. The summed E-state index contributed by atoms with van der Waals surface area (Å²) >= 11 is 12.4. The lowest BCUT2D eigenvalue weighted by Crippen LogP contribution is -2.34. The van der Waals surface area contributed by atoms with Crippen LogP contribution in [0.15, 0.2) is 65.3 Å². The Morgan fingerprint density at radius 1 is 1.03 bits per heavy atom. The average molecular weight is 457 g/mol. The maximum Gasteiger partial charge on any atom is 0.293 e. The Balaban J connectivity index is 1.42. The number of nitrogens with zero attached hydrogens (tertiary/aromatic N) is 1. The molecular formula is C20H13ClN4O3S2. The van der Waals surface area contributed by atoms with Gasteiger partial charge in [0.15, 0.2) is 16.0 Å². The molecule has 2 amide bonds. The molecule has 0 aliphatic carbocycles. The molecule has 2 aromatic carbocycles. The molecule has 30 heavy (non-hydrogen) atoms. The zero-order valence-corrected chi connectivity index (χ0v) is 17.5. The smallest absolute Gasteiger partial charge is 0.293 e. The maximum absolute atomic E-state index is 12.3. The Kier molecular flexibility index (Phi) is 5.75. The van der Waals surface area contributed by atoms with E-state index in [9.17, 15) is 9.59 Å². The van der Waals surface area contributed by atoms with E-state index in [1.165, 1.54) is 17.6 Å². The van der Waals surface area contributed by atoms with Gasteiger partial charge in [0, 0.05) is 16.3 Å². The lowest BCUT2D eigenvalue weighted by atomic mass is 10.2. The van der Waals surface area contributed by atoms with E-state index in [1.807, 2.05) is 6.07 Å². The quantitative estimate of drug-likeness (QED) is 0.377. The van der Waals surface area contributed by atoms with Crippen molar-refractivity contribution in [1.82, 2.24) is 10.3 Å². The van der Waals surface area contributed by atoms with E-state index < -0.39 is 0 Å². The van der Waals surface area contributed by atoms with Crippen LogP contribution in [0.2, 0.25) is 5.02 Å². The number of hydrogen-bond donors (Lipinski definition) is 3. The molecule has 0 aliphatic rings. The van der Waals surface area contributed by atoms with Gasteiger partial charge < -0.3 is 9.73 Å². The standard InChI is InChI=1S/C20H13ClN4O3S2/c21-12-4-1-3-11(9-12)17(26)24-19(29)22-13-6-7-14-16(10-13)30-20(23-14)25-18(27)15-5-2-8-28-15/h1-10H,(H,23,25,27)(H2,22,24,26,29). The van der Waals surface area contributed by atoms with Crippen molar-refractivity contribution in [2.75, 3.05) is 10.6 Å². The van der Waals surface area contributed by atoms with Gasteiger partial charge in [-0.1, -0.05) is 29.0 Å². The number of benzene rings is 2. The number of fused-ring (bicyclic) bond motifs is 1. The third-order valence-corrected chi connectivity index (χ3v) is 5.30. The fourth-order valence-corrected chi connectivity index (χ4v) is 3.89. The SMILES string of the molecule is O=C(NC(=S)Nc1ccc2nc(NC(=O)c3ccco3)sc2c1)c1cccc(Cl)c1. The molecule has 2 heterocycles. The molecule has 0 radical (unpaired) electrons. The molecule has 2 aromatic heterocycles. The van der Waals surface area contributed by atoms with E-state index in [-0.39, 0.29) is 22.7 Å². The Morgan fingerprint density at radius 3 is 2.67 bits per heavy atom. The van der Waals surface area contributed by atoms with Gasteiger partial charge in [-0.25, -0.2) is 4.98 Å². The highest BCUT2D eigenvalue weighted by atomic mass is 35.5. The van der Waals surface area contributed by atoms with E-state index in [2.05, 4.69) is 20.9 Å². The summed E-state index contributed by atoms with van der Waals surface area (Å²) in [5.41, 5.74) is 1.79. The number of furan rings is 1. The second-order valence-corrected chi connectivity index (χ2v) is 7.93. The number of aromatic nitrogens is 1. The van der Waals surface area contributed by atoms with Crippen molar-refractivity contribution in [3.63, 3.8) is 0 Å². The van der Waals surface area contributed by atoms with E-state index >= 15 is 0 Å². The van der Waals surface area contributed by atoms with E-state index in [0.29, 0.717) is 26.9 Å². The molecule has 0 saturated heterocycles. The molecule has 0 unspecified atom stereocenters. The minimum atomic E-state index is -0.373. The average Bonchev–Trinajstić information content (AvgIpc) is 3.37. The van der Waals surface area contributed by atoms with Crippen LogP contribution in [-0.2, 0) is 0 Å². The van der Waals surface area contributed by atoms with Crippen molar-refractivity contribution in [3.8, 4) is 0 Å². The number of thiocarbonyl (C=S) groups is 1. The topological polar surface area (TPSA) is 96.3 Å². The first-order chi connectivity index (χ1) is 14.5. The molecule has 3 N–H and O–H groups in total. The normalized spacial score (nSPS) is 10.6. The lowest BCUT2D eigenvalue weighted by molar-refractivity contribution is 0.0975. The minimum absolute atomic E-state index is 0.148. The van der Waals surface area contributed by atoms with Crippen molar-refractivity contribution < 1.29 is 14.0 Å². The number of rotatable bonds is 4. The van der Waals surface area contributed by atoms with E-state index in [4.69, 9.17) is 28.2 Å². The number of amides is 2. The first-order valence-electron chi connectivity index (χ1n) is 8.61. The first-order valence-corrected chi connectivity index (χ1v) is 10.2. The third-order valence-electron chi connectivity index (χ3n) is 3.93. The summed E-state index contributed by atoms with van der Waals surface area (Å²) < 4.78 is 5.91. The molecule has 0 bridgehead atoms. The van der Waals surface area contributed by atoms with Gasteiger partial charge in [-0.05, 0) is 60.7 Å². The zero-order valence-electron chi connectivity index (χ0n) is 15.1. The highest BCUT2D eigenvalue weighted by Gasteiger charge is 2.13. The van der Waals surface area contributed by atoms with E-state index in [0.717, 1.165) is 4.70 Å². The summed E-state index contributed by atoms with van der Waals surface area (Å²) in [6.45, 7) is 0. The summed E-state index contributed by atoms with van der Waals surface area (Å²) in [6, 6.07) is 15.2. The second kappa shape index (κ2) is 8.62. The number of hydrogen-bond acceptors (Lipinski definition) is 6. The summed E-state index contributed by atoms with van der Waals surface area (Å²) in [6.07, 6.45) is 1.43. The minimum Gasteiger partial charge on any atom is -0.459 e. The molecule has 4 rings (SSSR count). The van der Waals surface area contributed by atoms with Gasteiger partial charge in [0.2, 0.25) is 0 Å².